The van der Waals surface area contributed by atoms with Crippen molar-refractivity contribution in [2.45, 2.75) is 137 Å². The Kier molecular flexibility index (Phi) is 23.8. The van der Waals surface area contributed by atoms with Crippen molar-refractivity contribution in [3.63, 3.8) is 0 Å². The first kappa shape index (κ1) is 61.7. The lowest BCUT2D eigenvalue weighted by molar-refractivity contribution is -0.132. The van der Waals surface area contributed by atoms with Gasteiger partial charge < -0.3 is 57.7 Å². The number of nitrogens with zero attached hydrogens (tertiary/aromatic N) is 6. The molecule has 1 aliphatic carbocycles. The van der Waals surface area contributed by atoms with Crippen molar-refractivity contribution in [2.75, 3.05) is 38.5 Å². The molecule has 9 N–H and O–H groups in total. The number of nitrogen functional groups attached to an aromatic ring is 1. The lowest BCUT2D eigenvalue weighted by atomic mass is 10.1. The molecule has 20 nitrogen and oxygen atoms in total. The third kappa shape index (κ3) is 20.6. The molecule has 20 heteroatoms. The number of carbonyl (C=O) groups is 6. The predicted molar refractivity (Wildman–Crippen MR) is 314 cm³/mol. The van der Waals surface area contributed by atoms with Crippen LogP contribution >= 0.6 is 0 Å². The minimum Gasteiger partial charge on any atom is -0.399 e. The van der Waals surface area contributed by atoms with E-state index in [0.717, 1.165) is 65.1 Å². The number of aromatic nitrogens is 3. The Morgan fingerprint density at radius 1 is 0.667 bits per heavy atom. The third-order valence-corrected chi connectivity index (χ3v) is 14.2. The number of carbonyl (C=O) groups excluding carboxylic acids is 6. The van der Waals surface area contributed by atoms with Gasteiger partial charge in [-0.3, -0.25) is 29.3 Å². The van der Waals surface area contributed by atoms with E-state index in [1.165, 1.54) is 36.0 Å². The molecule has 3 aliphatic rings. The highest BCUT2D eigenvalue weighted by Gasteiger charge is 2.30. The predicted octanol–water partition coefficient (Wildman–Crippen LogP) is 6.63. The standard InChI is InChI=1S/C24H32N4O.C19H23N5O2.C18H27N5O3/c1-17(2)28(16-20-10-11-22-6-5-7-23(22)12-20)19(4)13-26-24(29)27-15-21-9-8-18(3)25-14-21;20-16-7-5-14(6-8-16)11-22-19(26)23-13-18(25)24-10-2-4-17(24)15-3-1-9-21-12-15;1-12(2)23(11-15-6-7-16(24)22-15)17(25)10-21-18(26)20-9-14-5-4-13(3)19-8-14/h8-12,14,17H,4-7,13,15-16H2,1-3H3,(H2,26,27,29);1,3,5-9,12,17H,2,4,10-11,13,20H2,(H2,22,23,26);4-5,8,12,15H,6-7,9-11H2,1-3H3,(H,22,24)(H2,20,21,26)/t;17-;/m.1./s1. The molecule has 2 aliphatic heterocycles. The van der Waals surface area contributed by atoms with Gasteiger partial charge in [-0.2, -0.15) is 0 Å². The number of urea groups is 3. The maximum atomic E-state index is 12.5. The highest BCUT2D eigenvalue weighted by molar-refractivity contribution is 5.85. The van der Waals surface area contributed by atoms with Gasteiger partial charge in [0.25, 0.3) is 0 Å². The van der Waals surface area contributed by atoms with E-state index < -0.39 is 6.03 Å². The zero-order valence-corrected chi connectivity index (χ0v) is 47.9. The number of benzene rings is 2. The summed E-state index contributed by atoms with van der Waals surface area (Å²) in [5, 5.41) is 19.3. The number of likely N-dealkylation sites (tertiary alicyclic amines) is 1. The lowest BCUT2D eigenvalue weighted by Gasteiger charge is -2.31. The molecule has 9 amide bonds. The van der Waals surface area contributed by atoms with E-state index >= 15 is 0 Å². The van der Waals surface area contributed by atoms with Crippen LogP contribution < -0.4 is 43.0 Å². The highest BCUT2D eigenvalue weighted by Crippen LogP contribution is 2.31. The summed E-state index contributed by atoms with van der Waals surface area (Å²) < 4.78 is 0. The van der Waals surface area contributed by atoms with Crippen molar-refractivity contribution in [1.82, 2.24) is 66.9 Å². The van der Waals surface area contributed by atoms with Gasteiger partial charge in [0.2, 0.25) is 17.7 Å². The maximum absolute atomic E-state index is 12.5. The lowest BCUT2D eigenvalue weighted by Crippen LogP contribution is -2.49. The van der Waals surface area contributed by atoms with E-state index in [1.807, 2.05) is 81.1 Å². The Morgan fingerprint density at radius 2 is 1.25 bits per heavy atom. The van der Waals surface area contributed by atoms with Gasteiger partial charge >= 0.3 is 18.1 Å². The second-order valence-corrected chi connectivity index (χ2v) is 21.2. The molecule has 81 heavy (non-hydrogen) atoms. The van der Waals surface area contributed by atoms with Crippen molar-refractivity contribution in [1.29, 1.82) is 0 Å². The van der Waals surface area contributed by atoms with Crippen molar-refractivity contribution in [2.24, 2.45) is 0 Å². The van der Waals surface area contributed by atoms with Gasteiger partial charge in [-0.15, -0.1) is 0 Å². The van der Waals surface area contributed by atoms with Gasteiger partial charge in [0.05, 0.1) is 25.7 Å². The average molecular weight is 1110 g/mol. The van der Waals surface area contributed by atoms with E-state index in [0.29, 0.717) is 57.4 Å². The number of pyridine rings is 3. The monoisotopic (exact) mass is 1110 g/mol. The fourth-order valence-corrected chi connectivity index (χ4v) is 9.59. The SMILES string of the molecule is C=C(CNC(=O)NCc1ccc(C)nc1)N(Cc1ccc2c(c1)CCC2)C(C)C.Cc1ccc(CNC(=O)NCC(=O)N(CC2CCC(=O)N2)C(C)C)cn1.Nc1ccc(CNC(=O)NCC(=O)N2CCC[C@@H]2c2cccnc2)cc1. The molecule has 2 saturated heterocycles. The van der Waals surface area contributed by atoms with E-state index in [1.54, 1.807) is 41.8 Å². The van der Waals surface area contributed by atoms with Crippen LogP contribution in [-0.2, 0) is 53.4 Å². The summed E-state index contributed by atoms with van der Waals surface area (Å²) in [5.41, 5.74) is 17.2. The molecule has 432 valence electrons. The van der Waals surface area contributed by atoms with Crippen LogP contribution in [0.4, 0.5) is 20.1 Å². The number of hydrogen-bond donors (Lipinski definition) is 8. The molecule has 2 fully saturated rings. The molecular formula is C61H82N14O6. The Balaban J connectivity index is 0.000000196. The minimum absolute atomic E-state index is 0.0107. The minimum atomic E-state index is -0.406. The molecule has 0 bridgehead atoms. The summed E-state index contributed by atoms with van der Waals surface area (Å²) in [6.07, 6.45) is 13.8. The number of nitrogens with two attached hydrogens (primary N) is 1. The summed E-state index contributed by atoms with van der Waals surface area (Å²) in [4.78, 5) is 90.5. The van der Waals surface area contributed by atoms with Gasteiger partial charge in [0, 0.05) is 111 Å². The molecule has 8 rings (SSSR count). The number of hydrogen-bond acceptors (Lipinski definition) is 11. The zero-order valence-electron chi connectivity index (χ0n) is 47.9. The van der Waals surface area contributed by atoms with E-state index in [2.05, 4.69) is 95.7 Å². The van der Waals surface area contributed by atoms with Crippen LogP contribution in [0.15, 0.2) is 116 Å². The van der Waals surface area contributed by atoms with Gasteiger partial charge in [-0.05, 0) is 149 Å². The van der Waals surface area contributed by atoms with Gasteiger partial charge in [0.15, 0.2) is 0 Å². The number of nitrogens with one attached hydrogen (secondary N) is 7. The summed E-state index contributed by atoms with van der Waals surface area (Å²) in [7, 11) is 0. The number of fused-ring (bicyclic) bond motifs is 1. The van der Waals surface area contributed by atoms with Crippen molar-refractivity contribution < 1.29 is 28.8 Å². The number of aryl methyl sites for hydroxylation is 4. The Morgan fingerprint density at radius 3 is 1.81 bits per heavy atom. The Bertz CT molecular complexity index is 2870. The second kappa shape index (κ2) is 31.3. The largest absolute Gasteiger partial charge is 0.399 e. The van der Waals surface area contributed by atoms with Crippen LogP contribution in [0.2, 0.25) is 0 Å². The van der Waals surface area contributed by atoms with Crippen molar-refractivity contribution in [3.8, 4) is 0 Å². The van der Waals surface area contributed by atoms with Crippen LogP contribution in [-0.4, -0.2) is 116 Å². The van der Waals surface area contributed by atoms with Gasteiger partial charge in [-0.1, -0.05) is 55.1 Å². The summed E-state index contributed by atoms with van der Waals surface area (Å²) in [5.74, 6) is -0.235. The molecule has 0 spiro atoms. The summed E-state index contributed by atoms with van der Waals surface area (Å²) in [6.45, 7) is 19.6. The number of rotatable bonds is 20. The van der Waals surface area contributed by atoms with Gasteiger partial charge in [-0.25, -0.2) is 14.4 Å². The molecule has 3 aromatic heterocycles. The van der Waals surface area contributed by atoms with E-state index in [-0.39, 0.29) is 61.0 Å². The van der Waals surface area contributed by atoms with Crippen LogP contribution in [0.25, 0.3) is 0 Å². The Hall–Kier alpha value is -8.55. The highest BCUT2D eigenvalue weighted by atomic mass is 16.2. The molecule has 5 heterocycles. The molecular weight excluding hydrogens is 1020 g/mol. The van der Waals surface area contributed by atoms with Crippen LogP contribution in [0.1, 0.15) is 116 Å². The fraction of sp³-hybridized carbons (Fsp3) is 0.426. The van der Waals surface area contributed by atoms with Crippen LogP contribution in [0.5, 0.6) is 0 Å². The smallest absolute Gasteiger partial charge is 0.315 e. The molecule has 1 unspecified atom stereocenters. The topological polar surface area (TPSA) is 261 Å². The number of anilines is 1. The van der Waals surface area contributed by atoms with Crippen molar-refractivity contribution >= 4 is 41.5 Å². The molecule has 2 aromatic carbocycles. The van der Waals surface area contributed by atoms with E-state index in [9.17, 15) is 28.8 Å². The quantitative estimate of drug-likeness (QED) is 0.0384. The van der Waals surface area contributed by atoms with Crippen molar-refractivity contribution in [3.05, 3.63) is 166 Å². The first-order valence-electron chi connectivity index (χ1n) is 28.0. The van der Waals surface area contributed by atoms with E-state index in [4.69, 9.17) is 5.73 Å². The Labute approximate surface area is 476 Å². The fourth-order valence-electron chi connectivity index (χ4n) is 9.59. The molecule has 0 radical (unpaired) electrons. The number of amides is 9. The van der Waals surface area contributed by atoms with Crippen LogP contribution in [0.3, 0.4) is 0 Å². The first-order chi connectivity index (χ1) is 38.9. The van der Waals surface area contributed by atoms with Gasteiger partial charge in [0.1, 0.15) is 0 Å². The molecule has 5 aromatic rings. The normalized spacial score (nSPS) is 15.0. The molecule has 0 saturated carbocycles. The summed E-state index contributed by atoms with van der Waals surface area (Å²) in [6, 6.07) is 25.0. The third-order valence-electron chi connectivity index (χ3n) is 14.2. The second-order valence-electron chi connectivity index (χ2n) is 21.2. The molecule has 2 atom stereocenters. The average Bonchev–Trinajstić information content (AvgIpc) is 4.33. The zero-order chi connectivity index (χ0) is 58.3. The first-order valence-corrected chi connectivity index (χ1v) is 28.0. The maximum Gasteiger partial charge on any atom is 0.315 e. The van der Waals surface area contributed by atoms with Crippen LogP contribution in [0, 0.1) is 13.8 Å². The summed E-state index contributed by atoms with van der Waals surface area (Å²) >= 11 is 0.